The normalized spacial score (nSPS) is 11.4. The summed E-state index contributed by atoms with van der Waals surface area (Å²) in [5.74, 6) is -0.107. The van der Waals surface area contributed by atoms with Crippen molar-refractivity contribution in [3.05, 3.63) is 47.0 Å². The molecule has 0 heterocycles. The van der Waals surface area contributed by atoms with Crippen molar-refractivity contribution in [3.63, 3.8) is 0 Å². The van der Waals surface area contributed by atoms with Gasteiger partial charge in [0.2, 0.25) is 5.78 Å². The maximum Gasteiger partial charge on any atom is 0.204 e. The van der Waals surface area contributed by atoms with Crippen LogP contribution in [0, 0.1) is 0 Å². The van der Waals surface area contributed by atoms with E-state index < -0.39 is 0 Å². The van der Waals surface area contributed by atoms with Crippen molar-refractivity contribution >= 4 is 17.4 Å². The number of carbonyl (C=O) groups is 1. The fourth-order valence-corrected chi connectivity index (χ4v) is 1.26. The minimum Gasteiger partial charge on any atom is -0.288 e. The molecule has 0 aliphatic carbocycles. The minimum atomic E-state index is -0.107. The van der Waals surface area contributed by atoms with Gasteiger partial charge in [0.1, 0.15) is 0 Å². The number of allylic oxidation sites excluding steroid dienone is 2. The molecule has 1 aromatic rings. The number of Topliss-reactive ketones (excluding diaryl/α,β-unsaturated/α-hetero) is 1. The van der Waals surface area contributed by atoms with Crippen molar-refractivity contribution in [2.75, 3.05) is 0 Å². The van der Waals surface area contributed by atoms with Crippen LogP contribution >= 0.6 is 11.6 Å². The minimum absolute atomic E-state index is 0.107. The molecule has 1 aromatic carbocycles. The van der Waals surface area contributed by atoms with Crippen molar-refractivity contribution in [3.8, 4) is 0 Å². The van der Waals surface area contributed by atoms with Crippen molar-refractivity contribution in [1.29, 1.82) is 0 Å². The highest BCUT2D eigenvalue weighted by atomic mass is 35.5. The van der Waals surface area contributed by atoms with E-state index in [4.69, 9.17) is 11.6 Å². The molecule has 1 rings (SSSR count). The summed E-state index contributed by atoms with van der Waals surface area (Å²) in [6, 6.07) is 9.03. The average Bonchev–Trinajstić information content (AvgIpc) is 2.18. The third-order valence-corrected chi connectivity index (χ3v) is 1.96. The van der Waals surface area contributed by atoms with Gasteiger partial charge in [-0.3, -0.25) is 4.79 Å². The highest BCUT2D eigenvalue weighted by molar-refractivity contribution is 6.45. The van der Waals surface area contributed by atoms with E-state index in [1.165, 1.54) is 0 Å². The van der Waals surface area contributed by atoms with E-state index >= 15 is 0 Å². The second-order valence-corrected chi connectivity index (χ2v) is 3.06. The molecular weight excluding hydrogens is 184 g/mol. The first-order chi connectivity index (χ1) is 6.25. The van der Waals surface area contributed by atoms with Crippen molar-refractivity contribution in [2.24, 2.45) is 0 Å². The molecule has 0 fully saturated rings. The molecule has 0 bridgehead atoms. The Balaban J connectivity index is 2.86. The predicted molar refractivity (Wildman–Crippen MR) is 55.0 cm³/mol. The quantitative estimate of drug-likeness (QED) is 0.533. The van der Waals surface area contributed by atoms with Gasteiger partial charge in [-0.15, -0.1) is 0 Å². The highest BCUT2D eigenvalue weighted by Crippen LogP contribution is 2.12. The molecule has 2 heteroatoms. The van der Waals surface area contributed by atoms with Crippen LogP contribution in [0.1, 0.15) is 23.7 Å². The lowest BCUT2D eigenvalue weighted by molar-refractivity contribution is 0.104. The van der Waals surface area contributed by atoms with Crippen molar-refractivity contribution in [2.45, 2.75) is 13.3 Å². The molecule has 68 valence electrons. The first-order valence-corrected chi connectivity index (χ1v) is 4.59. The monoisotopic (exact) mass is 194 g/mol. The van der Waals surface area contributed by atoms with Crippen molar-refractivity contribution in [1.82, 2.24) is 0 Å². The Kier molecular flexibility index (Phi) is 3.71. The second-order valence-electron chi connectivity index (χ2n) is 2.66. The Bertz CT molecular complexity index is 314. The topological polar surface area (TPSA) is 17.1 Å². The molecule has 0 aliphatic heterocycles. The van der Waals surface area contributed by atoms with Crippen LogP contribution in [0.15, 0.2) is 41.4 Å². The average molecular weight is 195 g/mol. The summed E-state index contributed by atoms with van der Waals surface area (Å²) in [7, 11) is 0. The first-order valence-electron chi connectivity index (χ1n) is 4.21. The zero-order valence-corrected chi connectivity index (χ0v) is 8.21. The van der Waals surface area contributed by atoms with E-state index in [9.17, 15) is 4.79 Å². The zero-order chi connectivity index (χ0) is 9.68. The fraction of sp³-hybridized carbons (Fsp3) is 0.182. The zero-order valence-electron chi connectivity index (χ0n) is 7.46. The number of halogens is 1. The highest BCUT2D eigenvalue weighted by Gasteiger charge is 2.07. The summed E-state index contributed by atoms with van der Waals surface area (Å²) in [6.45, 7) is 1.95. The summed E-state index contributed by atoms with van der Waals surface area (Å²) in [5, 5.41) is 0.300. The van der Waals surface area contributed by atoms with E-state index in [1.807, 2.05) is 25.1 Å². The summed E-state index contributed by atoms with van der Waals surface area (Å²) in [6.07, 6.45) is 2.49. The van der Waals surface area contributed by atoms with E-state index in [1.54, 1.807) is 18.2 Å². The Morgan fingerprint density at radius 1 is 1.38 bits per heavy atom. The maximum absolute atomic E-state index is 11.5. The third-order valence-electron chi connectivity index (χ3n) is 1.64. The summed E-state index contributed by atoms with van der Waals surface area (Å²) < 4.78 is 0. The van der Waals surface area contributed by atoms with Gasteiger partial charge in [-0.2, -0.15) is 0 Å². The van der Waals surface area contributed by atoms with Gasteiger partial charge in [-0.05, 0) is 6.42 Å². The Labute approximate surface area is 83.0 Å². The van der Waals surface area contributed by atoms with Gasteiger partial charge in [0.05, 0.1) is 5.03 Å². The fourth-order valence-electron chi connectivity index (χ4n) is 0.999. The SMILES string of the molecule is CC/C=C(\Cl)C(=O)c1ccccc1. The predicted octanol–water partition coefficient (Wildman–Crippen LogP) is 3.40. The molecule has 0 N–H and O–H groups in total. The van der Waals surface area contributed by atoms with Crippen LogP contribution in [0.5, 0.6) is 0 Å². The number of benzene rings is 1. The molecular formula is C11H11ClO. The largest absolute Gasteiger partial charge is 0.288 e. The van der Waals surface area contributed by atoms with Gasteiger partial charge in [-0.25, -0.2) is 0 Å². The van der Waals surface area contributed by atoms with Crippen LogP contribution in [0.25, 0.3) is 0 Å². The Morgan fingerprint density at radius 2 is 2.00 bits per heavy atom. The van der Waals surface area contributed by atoms with Crippen LogP contribution in [-0.4, -0.2) is 5.78 Å². The molecule has 0 amide bonds. The van der Waals surface area contributed by atoms with Crippen molar-refractivity contribution < 1.29 is 4.79 Å². The molecule has 0 aliphatic rings. The number of ketones is 1. The van der Waals surface area contributed by atoms with Gasteiger partial charge < -0.3 is 0 Å². The van der Waals surface area contributed by atoms with Gasteiger partial charge in [0.25, 0.3) is 0 Å². The van der Waals surface area contributed by atoms with E-state index in [0.717, 1.165) is 6.42 Å². The third kappa shape index (κ3) is 2.71. The van der Waals surface area contributed by atoms with Crippen LogP contribution in [0.3, 0.4) is 0 Å². The Morgan fingerprint density at radius 3 is 2.54 bits per heavy atom. The van der Waals surface area contributed by atoms with E-state index in [2.05, 4.69) is 0 Å². The standard InChI is InChI=1S/C11H11ClO/c1-2-6-10(12)11(13)9-7-4-3-5-8-9/h3-8H,2H2,1H3/b10-6-. The molecule has 1 nitrogen and oxygen atoms in total. The maximum atomic E-state index is 11.5. The molecule has 0 unspecified atom stereocenters. The van der Waals surface area contributed by atoms with E-state index in [-0.39, 0.29) is 5.78 Å². The lowest BCUT2D eigenvalue weighted by atomic mass is 10.1. The first kappa shape index (κ1) is 10.0. The summed E-state index contributed by atoms with van der Waals surface area (Å²) in [5.41, 5.74) is 0.636. The number of rotatable bonds is 3. The molecule has 13 heavy (non-hydrogen) atoms. The lowest BCUT2D eigenvalue weighted by Gasteiger charge is -1.97. The van der Waals surface area contributed by atoms with Gasteiger partial charge in [0, 0.05) is 5.56 Å². The Hall–Kier alpha value is -1.08. The molecule has 0 aromatic heterocycles. The smallest absolute Gasteiger partial charge is 0.204 e. The van der Waals surface area contributed by atoms with Crippen LogP contribution < -0.4 is 0 Å². The number of hydrogen-bond acceptors (Lipinski definition) is 1. The molecule has 0 radical (unpaired) electrons. The van der Waals surface area contributed by atoms with Crippen LogP contribution in [0.2, 0.25) is 0 Å². The van der Waals surface area contributed by atoms with Gasteiger partial charge >= 0.3 is 0 Å². The van der Waals surface area contributed by atoms with Crippen LogP contribution in [0.4, 0.5) is 0 Å². The van der Waals surface area contributed by atoms with Gasteiger partial charge in [0.15, 0.2) is 0 Å². The van der Waals surface area contributed by atoms with E-state index in [0.29, 0.717) is 10.6 Å². The summed E-state index contributed by atoms with van der Waals surface area (Å²) >= 11 is 5.78. The lowest BCUT2D eigenvalue weighted by Crippen LogP contribution is -1.97. The molecule has 0 spiro atoms. The molecule has 0 saturated heterocycles. The van der Waals surface area contributed by atoms with Gasteiger partial charge in [-0.1, -0.05) is 54.9 Å². The second kappa shape index (κ2) is 4.83. The molecule has 0 atom stereocenters. The van der Waals surface area contributed by atoms with Crippen LogP contribution in [-0.2, 0) is 0 Å². The summed E-state index contributed by atoms with van der Waals surface area (Å²) in [4.78, 5) is 11.5. The number of hydrogen-bond donors (Lipinski definition) is 0. The number of carbonyl (C=O) groups excluding carboxylic acids is 1. The molecule has 0 saturated carbocycles.